The highest BCUT2D eigenvalue weighted by Gasteiger charge is 2.15. The molecule has 4 heteroatoms. The van der Waals surface area contributed by atoms with Crippen LogP contribution >= 0.6 is 11.6 Å². The van der Waals surface area contributed by atoms with Crippen LogP contribution in [-0.2, 0) is 6.42 Å². The molecule has 20 heavy (non-hydrogen) atoms. The molecule has 0 bridgehead atoms. The lowest BCUT2D eigenvalue weighted by Gasteiger charge is -2.22. The van der Waals surface area contributed by atoms with Crippen molar-refractivity contribution in [1.82, 2.24) is 0 Å². The molecule has 2 rings (SSSR count). The van der Waals surface area contributed by atoms with Crippen molar-refractivity contribution in [3.63, 3.8) is 0 Å². The smallest absolute Gasteiger partial charge is 0.258 e. The minimum Gasteiger partial charge on any atom is -0.258 e. The fourth-order valence-electron chi connectivity index (χ4n) is 3.00. The quantitative estimate of drug-likeness (QED) is 0.416. The topological polar surface area (TPSA) is 43.1 Å². The summed E-state index contributed by atoms with van der Waals surface area (Å²) in [4.78, 5) is 10.2. The molecule has 1 aromatic carbocycles. The summed E-state index contributed by atoms with van der Waals surface area (Å²) >= 11 is 6.40. The summed E-state index contributed by atoms with van der Waals surface area (Å²) in [6.07, 6.45) is 9.93. The van der Waals surface area contributed by atoms with Crippen molar-refractivity contribution in [2.45, 2.75) is 56.7 Å². The molecule has 0 aromatic heterocycles. The van der Waals surface area contributed by atoms with Gasteiger partial charge in [-0.15, -0.1) is 11.6 Å². The number of benzene rings is 1. The van der Waals surface area contributed by atoms with Gasteiger partial charge in [0.05, 0.1) is 4.92 Å². The number of nitrogens with zero attached hydrogens (tertiary/aromatic N) is 1. The maximum atomic E-state index is 10.6. The fraction of sp³-hybridized carbons (Fsp3) is 0.625. The van der Waals surface area contributed by atoms with Gasteiger partial charge in [-0.3, -0.25) is 10.1 Å². The van der Waals surface area contributed by atoms with Crippen LogP contribution < -0.4 is 0 Å². The number of hydrogen-bond acceptors (Lipinski definition) is 2. The number of nitro benzene ring substituents is 1. The number of rotatable bonds is 6. The highest BCUT2D eigenvalue weighted by atomic mass is 35.5. The molecule has 0 saturated heterocycles. The van der Waals surface area contributed by atoms with Crippen molar-refractivity contribution >= 4 is 17.3 Å². The third-order valence-electron chi connectivity index (χ3n) is 4.22. The maximum Gasteiger partial charge on any atom is 0.269 e. The summed E-state index contributed by atoms with van der Waals surface area (Å²) in [6, 6.07) is 6.74. The Labute approximate surface area is 125 Å². The van der Waals surface area contributed by atoms with Crippen molar-refractivity contribution in [3.05, 3.63) is 39.9 Å². The predicted octanol–water partition coefficient (Wildman–Crippen LogP) is 5.11. The van der Waals surface area contributed by atoms with Gasteiger partial charge in [0.25, 0.3) is 5.69 Å². The van der Waals surface area contributed by atoms with Gasteiger partial charge in [0, 0.05) is 17.5 Å². The Kier molecular flexibility index (Phi) is 5.84. The zero-order chi connectivity index (χ0) is 14.4. The lowest BCUT2D eigenvalue weighted by molar-refractivity contribution is -0.384. The Morgan fingerprint density at radius 2 is 1.85 bits per heavy atom. The molecule has 1 atom stereocenters. The van der Waals surface area contributed by atoms with Crippen LogP contribution in [0.2, 0.25) is 0 Å². The van der Waals surface area contributed by atoms with Gasteiger partial charge in [0.15, 0.2) is 0 Å². The zero-order valence-electron chi connectivity index (χ0n) is 11.8. The molecule has 0 heterocycles. The van der Waals surface area contributed by atoms with E-state index in [0.29, 0.717) is 0 Å². The zero-order valence-corrected chi connectivity index (χ0v) is 12.5. The predicted molar refractivity (Wildman–Crippen MR) is 82.3 cm³/mol. The molecular formula is C16H22ClNO2. The number of alkyl halides is 1. The summed E-state index contributed by atoms with van der Waals surface area (Å²) in [7, 11) is 0. The molecule has 0 radical (unpaired) electrons. The second kappa shape index (κ2) is 7.63. The van der Waals surface area contributed by atoms with E-state index >= 15 is 0 Å². The monoisotopic (exact) mass is 295 g/mol. The summed E-state index contributed by atoms with van der Waals surface area (Å²) < 4.78 is 0. The Hall–Kier alpha value is -1.09. The molecule has 0 N–H and O–H groups in total. The summed E-state index contributed by atoms with van der Waals surface area (Å²) in [5.74, 6) is 0.863. The van der Waals surface area contributed by atoms with Crippen molar-refractivity contribution in [2.75, 3.05) is 0 Å². The third kappa shape index (κ3) is 4.78. The van der Waals surface area contributed by atoms with Crippen LogP contribution in [0, 0.1) is 16.0 Å². The van der Waals surface area contributed by atoms with E-state index in [4.69, 9.17) is 11.6 Å². The van der Waals surface area contributed by atoms with Crippen LogP contribution in [0.3, 0.4) is 0 Å². The molecule has 1 fully saturated rings. The SMILES string of the molecule is O=[N+]([O-])c1ccc(CC(Cl)CCC2CCCCC2)cc1. The molecule has 1 unspecified atom stereocenters. The third-order valence-corrected chi connectivity index (χ3v) is 4.59. The minimum atomic E-state index is -0.370. The van der Waals surface area contributed by atoms with Gasteiger partial charge >= 0.3 is 0 Å². The van der Waals surface area contributed by atoms with E-state index in [1.807, 2.05) is 12.1 Å². The first-order valence-electron chi connectivity index (χ1n) is 7.52. The van der Waals surface area contributed by atoms with Crippen LogP contribution in [0.1, 0.15) is 50.5 Å². The molecule has 1 aliphatic carbocycles. The van der Waals surface area contributed by atoms with Gasteiger partial charge in [0.2, 0.25) is 0 Å². The second-order valence-electron chi connectivity index (χ2n) is 5.81. The molecule has 0 spiro atoms. The molecule has 1 aliphatic rings. The van der Waals surface area contributed by atoms with Gasteiger partial charge in [-0.2, -0.15) is 0 Å². The molecule has 1 aromatic rings. The molecule has 3 nitrogen and oxygen atoms in total. The largest absolute Gasteiger partial charge is 0.269 e. The van der Waals surface area contributed by atoms with Crippen molar-refractivity contribution in [3.8, 4) is 0 Å². The Balaban J connectivity index is 1.75. The van der Waals surface area contributed by atoms with Crippen LogP contribution in [0.25, 0.3) is 0 Å². The van der Waals surface area contributed by atoms with Gasteiger partial charge in [-0.1, -0.05) is 44.2 Å². The van der Waals surface area contributed by atoms with E-state index in [1.54, 1.807) is 12.1 Å². The fourth-order valence-corrected chi connectivity index (χ4v) is 3.31. The van der Waals surface area contributed by atoms with E-state index in [2.05, 4.69) is 0 Å². The highest BCUT2D eigenvalue weighted by molar-refractivity contribution is 6.20. The molecule has 110 valence electrons. The lowest BCUT2D eigenvalue weighted by atomic mass is 9.85. The van der Waals surface area contributed by atoms with Crippen molar-refractivity contribution < 1.29 is 4.92 Å². The lowest BCUT2D eigenvalue weighted by Crippen LogP contribution is -2.10. The molecular weight excluding hydrogens is 274 g/mol. The van der Waals surface area contributed by atoms with E-state index < -0.39 is 0 Å². The minimum absolute atomic E-state index is 0.137. The normalized spacial score (nSPS) is 17.9. The van der Waals surface area contributed by atoms with E-state index in [1.165, 1.54) is 38.5 Å². The van der Waals surface area contributed by atoms with E-state index in [0.717, 1.165) is 24.3 Å². The molecule has 0 aliphatic heterocycles. The highest BCUT2D eigenvalue weighted by Crippen LogP contribution is 2.29. The van der Waals surface area contributed by atoms with Gasteiger partial charge in [-0.05, 0) is 30.7 Å². The van der Waals surface area contributed by atoms with Crippen LogP contribution in [0.15, 0.2) is 24.3 Å². The standard InChI is InChI=1S/C16H22ClNO2/c17-15(9-6-13-4-2-1-3-5-13)12-14-7-10-16(11-8-14)18(19)20/h7-8,10-11,13,15H,1-6,9,12H2. The van der Waals surface area contributed by atoms with Crippen LogP contribution in [0.5, 0.6) is 0 Å². The van der Waals surface area contributed by atoms with Gasteiger partial charge < -0.3 is 0 Å². The first-order chi connectivity index (χ1) is 9.65. The first-order valence-corrected chi connectivity index (χ1v) is 7.96. The maximum absolute atomic E-state index is 10.6. The summed E-state index contributed by atoms with van der Waals surface area (Å²) in [5, 5.41) is 10.7. The van der Waals surface area contributed by atoms with Crippen molar-refractivity contribution in [1.29, 1.82) is 0 Å². The van der Waals surface area contributed by atoms with Gasteiger partial charge in [0.1, 0.15) is 0 Å². The average molecular weight is 296 g/mol. The van der Waals surface area contributed by atoms with Crippen molar-refractivity contribution in [2.24, 2.45) is 5.92 Å². The number of non-ortho nitro benzene ring substituents is 1. The summed E-state index contributed by atoms with van der Waals surface area (Å²) in [6.45, 7) is 0. The number of halogens is 1. The Morgan fingerprint density at radius 1 is 1.20 bits per heavy atom. The summed E-state index contributed by atoms with van der Waals surface area (Å²) in [5.41, 5.74) is 1.22. The molecule has 0 amide bonds. The average Bonchev–Trinajstić information content (AvgIpc) is 2.47. The van der Waals surface area contributed by atoms with Crippen LogP contribution in [0.4, 0.5) is 5.69 Å². The van der Waals surface area contributed by atoms with Crippen LogP contribution in [-0.4, -0.2) is 10.3 Å². The number of nitro groups is 1. The first kappa shape index (κ1) is 15.3. The molecule has 1 saturated carbocycles. The van der Waals surface area contributed by atoms with E-state index in [-0.39, 0.29) is 16.0 Å². The Morgan fingerprint density at radius 3 is 2.45 bits per heavy atom. The van der Waals surface area contributed by atoms with Gasteiger partial charge in [-0.25, -0.2) is 0 Å². The second-order valence-corrected chi connectivity index (χ2v) is 6.42. The van der Waals surface area contributed by atoms with E-state index in [9.17, 15) is 10.1 Å². The number of hydrogen-bond donors (Lipinski definition) is 0. The Bertz CT molecular complexity index is 427.